The predicted octanol–water partition coefficient (Wildman–Crippen LogP) is 4.99. The van der Waals surface area contributed by atoms with Gasteiger partial charge in [0, 0.05) is 21.3 Å². The Kier molecular flexibility index (Phi) is 4.52. The molecule has 0 aliphatic heterocycles. The summed E-state index contributed by atoms with van der Waals surface area (Å²) < 4.78 is 14.0. The molecule has 110 valence electrons. The van der Waals surface area contributed by atoms with Crippen LogP contribution in [0.5, 0.6) is 0 Å². The van der Waals surface area contributed by atoms with Gasteiger partial charge in [-0.3, -0.25) is 0 Å². The molecule has 1 aliphatic carbocycles. The molecule has 1 unspecified atom stereocenters. The summed E-state index contributed by atoms with van der Waals surface area (Å²) in [5, 5.41) is 2.63. The van der Waals surface area contributed by atoms with Crippen LogP contribution in [0.25, 0.3) is 0 Å². The van der Waals surface area contributed by atoms with Gasteiger partial charge < -0.3 is 4.57 Å². The van der Waals surface area contributed by atoms with E-state index in [0.29, 0.717) is 5.02 Å². The fraction of sp³-hybridized carbons (Fsp3) is 0.333. The van der Waals surface area contributed by atoms with E-state index < -0.39 is 7.14 Å². The Morgan fingerprint density at radius 1 is 0.810 bits per heavy atom. The second kappa shape index (κ2) is 6.38. The van der Waals surface area contributed by atoms with Crippen molar-refractivity contribution in [1.29, 1.82) is 0 Å². The molecule has 0 heterocycles. The fourth-order valence-electron chi connectivity index (χ4n) is 3.33. The molecule has 1 saturated carbocycles. The summed E-state index contributed by atoms with van der Waals surface area (Å²) in [7, 11) is -2.58. The van der Waals surface area contributed by atoms with Crippen LogP contribution in [0.1, 0.15) is 32.1 Å². The summed E-state index contributed by atoms with van der Waals surface area (Å²) in [6, 6.07) is 17.6. The fourth-order valence-corrected chi connectivity index (χ4v) is 6.89. The molecule has 0 radical (unpaired) electrons. The standard InChI is InChI=1S/C18H20ClOP/c19-15-11-13-18(14-12-15)21(20,16-7-3-1-4-8-16)17-9-5-2-6-10-17/h1,3-4,7-8,11-14,17H,2,5-6,9-10H2. The third-order valence-corrected chi connectivity index (χ3v) is 8.37. The second-order valence-electron chi connectivity index (χ2n) is 5.76. The molecule has 0 saturated heterocycles. The van der Waals surface area contributed by atoms with Gasteiger partial charge in [-0.2, -0.15) is 0 Å². The van der Waals surface area contributed by atoms with Gasteiger partial charge in [0.1, 0.15) is 7.14 Å². The zero-order chi connectivity index (χ0) is 14.7. The minimum absolute atomic E-state index is 0.273. The van der Waals surface area contributed by atoms with Crippen molar-refractivity contribution in [3.8, 4) is 0 Å². The van der Waals surface area contributed by atoms with Crippen molar-refractivity contribution in [2.75, 3.05) is 0 Å². The highest BCUT2D eigenvalue weighted by molar-refractivity contribution is 7.79. The summed E-state index contributed by atoms with van der Waals surface area (Å²) in [6.45, 7) is 0. The number of rotatable bonds is 3. The highest BCUT2D eigenvalue weighted by Gasteiger charge is 2.36. The van der Waals surface area contributed by atoms with Crippen LogP contribution in [0.15, 0.2) is 54.6 Å². The zero-order valence-corrected chi connectivity index (χ0v) is 13.7. The number of hydrogen-bond acceptors (Lipinski definition) is 1. The largest absolute Gasteiger partial charge is 0.313 e. The van der Waals surface area contributed by atoms with Gasteiger partial charge in [-0.05, 0) is 37.1 Å². The molecule has 3 rings (SSSR count). The first-order chi connectivity index (χ1) is 10.2. The van der Waals surface area contributed by atoms with E-state index >= 15 is 0 Å². The maximum absolute atomic E-state index is 14.0. The molecule has 1 aliphatic rings. The minimum Gasteiger partial charge on any atom is -0.313 e. The van der Waals surface area contributed by atoms with Gasteiger partial charge in [0.25, 0.3) is 0 Å². The average molecular weight is 319 g/mol. The van der Waals surface area contributed by atoms with Crippen LogP contribution in [0.3, 0.4) is 0 Å². The average Bonchev–Trinajstić information content (AvgIpc) is 2.56. The van der Waals surface area contributed by atoms with E-state index in [9.17, 15) is 4.57 Å². The van der Waals surface area contributed by atoms with Crippen molar-refractivity contribution in [2.45, 2.75) is 37.8 Å². The molecule has 3 heteroatoms. The summed E-state index contributed by atoms with van der Waals surface area (Å²) in [5.41, 5.74) is 0.273. The predicted molar refractivity (Wildman–Crippen MR) is 91.6 cm³/mol. The lowest BCUT2D eigenvalue weighted by molar-refractivity contribution is 0.490. The van der Waals surface area contributed by atoms with E-state index in [2.05, 4.69) is 0 Å². The molecule has 0 bridgehead atoms. The lowest BCUT2D eigenvalue weighted by atomic mass is 10.0. The number of hydrogen-bond donors (Lipinski definition) is 0. The van der Waals surface area contributed by atoms with E-state index in [1.807, 2.05) is 54.6 Å². The van der Waals surface area contributed by atoms with Crippen LogP contribution in [0.2, 0.25) is 5.02 Å². The molecule has 2 aromatic carbocycles. The Morgan fingerprint density at radius 2 is 1.38 bits per heavy atom. The lowest BCUT2D eigenvalue weighted by Gasteiger charge is -2.31. The summed E-state index contributed by atoms with van der Waals surface area (Å²) in [5.74, 6) is 0. The Hall–Kier alpha value is -1.04. The molecule has 0 N–H and O–H groups in total. The van der Waals surface area contributed by atoms with Crippen molar-refractivity contribution in [3.05, 3.63) is 59.6 Å². The van der Waals surface area contributed by atoms with Crippen molar-refractivity contribution in [1.82, 2.24) is 0 Å². The van der Waals surface area contributed by atoms with Gasteiger partial charge in [-0.15, -0.1) is 0 Å². The Morgan fingerprint density at radius 3 is 2.00 bits per heavy atom. The Bertz CT molecular complexity index is 630. The van der Waals surface area contributed by atoms with Gasteiger partial charge >= 0.3 is 0 Å². The molecule has 0 aromatic heterocycles. The molecule has 1 fully saturated rings. The molecule has 21 heavy (non-hydrogen) atoms. The molecule has 1 nitrogen and oxygen atoms in total. The van der Waals surface area contributed by atoms with Crippen molar-refractivity contribution < 1.29 is 4.57 Å². The van der Waals surface area contributed by atoms with Crippen LogP contribution in [-0.2, 0) is 4.57 Å². The molecule has 0 spiro atoms. The van der Waals surface area contributed by atoms with Crippen LogP contribution >= 0.6 is 18.7 Å². The molecular formula is C18H20ClOP. The van der Waals surface area contributed by atoms with Crippen molar-refractivity contribution >= 4 is 29.4 Å². The van der Waals surface area contributed by atoms with E-state index in [1.165, 1.54) is 19.3 Å². The van der Waals surface area contributed by atoms with E-state index in [-0.39, 0.29) is 5.66 Å². The maximum Gasteiger partial charge on any atom is 0.146 e. The van der Waals surface area contributed by atoms with Gasteiger partial charge in [-0.25, -0.2) is 0 Å². The SMILES string of the molecule is O=P(c1ccccc1)(c1ccc(Cl)cc1)C1CCCCC1. The first-order valence-corrected chi connectivity index (χ1v) is 9.78. The first-order valence-electron chi connectivity index (χ1n) is 7.63. The topological polar surface area (TPSA) is 17.1 Å². The molecule has 1 atom stereocenters. The van der Waals surface area contributed by atoms with Gasteiger partial charge in [0.2, 0.25) is 0 Å². The highest BCUT2D eigenvalue weighted by atomic mass is 35.5. The monoisotopic (exact) mass is 318 g/mol. The number of halogens is 1. The van der Waals surface area contributed by atoms with Gasteiger partial charge in [-0.1, -0.05) is 61.2 Å². The van der Waals surface area contributed by atoms with Crippen LogP contribution in [0, 0.1) is 0 Å². The van der Waals surface area contributed by atoms with E-state index in [4.69, 9.17) is 11.6 Å². The summed E-state index contributed by atoms with van der Waals surface area (Å²) in [6.07, 6.45) is 5.78. The molecule has 0 amide bonds. The zero-order valence-electron chi connectivity index (χ0n) is 12.0. The second-order valence-corrected chi connectivity index (χ2v) is 9.28. The van der Waals surface area contributed by atoms with Gasteiger partial charge in [0.05, 0.1) is 0 Å². The third kappa shape index (κ3) is 2.96. The molecular weight excluding hydrogens is 299 g/mol. The van der Waals surface area contributed by atoms with E-state index in [0.717, 1.165) is 23.5 Å². The first kappa shape index (κ1) is 14.9. The van der Waals surface area contributed by atoms with Crippen LogP contribution < -0.4 is 10.6 Å². The maximum atomic E-state index is 14.0. The normalized spacial score (nSPS) is 19.1. The smallest absolute Gasteiger partial charge is 0.146 e. The van der Waals surface area contributed by atoms with Crippen molar-refractivity contribution in [2.24, 2.45) is 0 Å². The minimum atomic E-state index is -2.58. The molecule has 2 aromatic rings. The van der Waals surface area contributed by atoms with Crippen LogP contribution in [-0.4, -0.2) is 5.66 Å². The van der Waals surface area contributed by atoms with Crippen LogP contribution in [0.4, 0.5) is 0 Å². The summed E-state index contributed by atoms with van der Waals surface area (Å²) >= 11 is 6.00. The van der Waals surface area contributed by atoms with Crippen molar-refractivity contribution in [3.63, 3.8) is 0 Å². The Labute approximate surface area is 131 Å². The van der Waals surface area contributed by atoms with E-state index in [1.54, 1.807) is 0 Å². The highest BCUT2D eigenvalue weighted by Crippen LogP contribution is 2.53. The lowest BCUT2D eigenvalue weighted by Crippen LogP contribution is -2.27. The Balaban J connectivity index is 2.10. The third-order valence-electron chi connectivity index (χ3n) is 4.44. The number of benzene rings is 2. The van der Waals surface area contributed by atoms with Gasteiger partial charge in [0.15, 0.2) is 0 Å². The summed E-state index contributed by atoms with van der Waals surface area (Å²) in [4.78, 5) is 0. The quantitative estimate of drug-likeness (QED) is 0.729.